The van der Waals surface area contributed by atoms with Crippen molar-refractivity contribution in [1.29, 1.82) is 0 Å². The molecule has 0 saturated carbocycles. The third kappa shape index (κ3) is 4.84. The Morgan fingerprint density at radius 2 is 2.33 bits per heavy atom. The second-order valence-corrected chi connectivity index (χ2v) is 4.86. The first-order chi connectivity index (χ1) is 9.60. The molecule has 2 rings (SSSR count). The first kappa shape index (κ1) is 17.7. The highest BCUT2D eigenvalue weighted by Gasteiger charge is 2.27. The maximum absolute atomic E-state index is 13.5. The van der Waals surface area contributed by atoms with Crippen molar-refractivity contribution in [2.24, 2.45) is 0 Å². The highest BCUT2D eigenvalue weighted by molar-refractivity contribution is 5.85. The van der Waals surface area contributed by atoms with Crippen LogP contribution in [0.1, 0.15) is 12.0 Å². The fraction of sp³-hybridized carbons (Fsp3) is 0.500. The number of ether oxygens (including phenoxy) is 1. The second kappa shape index (κ2) is 8.17. The Balaban J connectivity index is 0.00000220. The Labute approximate surface area is 129 Å². The molecule has 1 saturated heterocycles. The molecular formula is C14H20ClFN2O3. The zero-order valence-corrected chi connectivity index (χ0v) is 12.6. The molecule has 21 heavy (non-hydrogen) atoms. The van der Waals surface area contributed by atoms with Gasteiger partial charge in [-0.3, -0.25) is 4.79 Å². The molecule has 1 aromatic carbocycles. The number of hydrogen-bond donors (Lipinski definition) is 3. The molecule has 118 valence electrons. The number of benzene rings is 1. The molecule has 0 spiro atoms. The topological polar surface area (TPSA) is 70.6 Å². The molecule has 0 bridgehead atoms. The van der Waals surface area contributed by atoms with E-state index in [1.165, 1.54) is 13.2 Å². The maximum atomic E-state index is 13.5. The molecule has 1 amide bonds. The second-order valence-electron chi connectivity index (χ2n) is 4.86. The van der Waals surface area contributed by atoms with Gasteiger partial charge in [0.1, 0.15) is 0 Å². The number of hydrogen-bond acceptors (Lipinski definition) is 4. The first-order valence-electron chi connectivity index (χ1n) is 6.61. The molecule has 1 aliphatic heterocycles. The van der Waals surface area contributed by atoms with Crippen LogP contribution < -0.4 is 15.4 Å². The molecule has 5 nitrogen and oxygen atoms in total. The van der Waals surface area contributed by atoms with Gasteiger partial charge in [-0.1, -0.05) is 6.07 Å². The summed E-state index contributed by atoms with van der Waals surface area (Å²) in [6, 6.07) is 4.41. The summed E-state index contributed by atoms with van der Waals surface area (Å²) in [6.07, 6.45) is 0.520. The Morgan fingerprint density at radius 3 is 2.90 bits per heavy atom. The standard InChI is InChI=1S/C14H19FN2O3.ClH/c1-20-13-3-2-9(6-11(13)15)4-5-16-14(19)12-7-10(18)8-17-12;/h2-3,6,10,12,17-18H,4-5,7-8H2,1H3,(H,16,19);1H. The van der Waals surface area contributed by atoms with Crippen molar-refractivity contribution >= 4 is 18.3 Å². The molecule has 1 fully saturated rings. The Hall–Kier alpha value is -1.37. The minimum absolute atomic E-state index is 0. The van der Waals surface area contributed by atoms with Crippen LogP contribution in [-0.4, -0.2) is 43.4 Å². The van der Waals surface area contributed by atoms with E-state index >= 15 is 0 Å². The van der Waals surface area contributed by atoms with Crippen molar-refractivity contribution < 1.29 is 19.0 Å². The van der Waals surface area contributed by atoms with Gasteiger partial charge in [-0.2, -0.15) is 0 Å². The van der Waals surface area contributed by atoms with Crippen molar-refractivity contribution in [2.45, 2.75) is 25.0 Å². The Kier molecular flexibility index (Phi) is 6.87. The highest BCUT2D eigenvalue weighted by Crippen LogP contribution is 2.17. The number of carbonyl (C=O) groups excluding carboxylic acids is 1. The van der Waals surface area contributed by atoms with Gasteiger partial charge >= 0.3 is 0 Å². The molecule has 0 aromatic heterocycles. The van der Waals surface area contributed by atoms with E-state index in [2.05, 4.69) is 10.6 Å². The van der Waals surface area contributed by atoms with E-state index in [1.807, 2.05) is 0 Å². The summed E-state index contributed by atoms with van der Waals surface area (Å²) < 4.78 is 18.3. The van der Waals surface area contributed by atoms with Crippen molar-refractivity contribution in [2.75, 3.05) is 20.2 Å². The van der Waals surface area contributed by atoms with Crippen molar-refractivity contribution in [1.82, 2.24) is 10.6 Å². The van der Waals surface area contributed by atoms with Crippen LogP contribution in [0.5, 0.6) is 5.75 Å². The minimum Gasteiger partial charge on any atom is -0.494 e. The molecule has 1 heterocycles. The van der Waals surface area contributed by atoms with E-state index in [0.29, 0.717) is 25.9 Å². The lowest BCUT2D eigenvalue weighted by Gasteiger charge is -2.11. The molecule has 0 radical (unpaired) electrons. The van der Waals surface area contributed by atoms with Crippen LogP contribution >= 0.6 is 12.4 Å². The number of aliphatic hydroxyl groups is 1. The maximum Gasteiger partial charge on any atom is 0.237 e. The van der Waals surface area contributed by atoms with Gasteiger partial charge in [0.25, 0.3) is 0 Å². The number of halogens is 2. The molecule has 3 N–H and O–H groups in total. The summed E-state index contributed by atoms with van der Waals surface area (Å²) >= 11 is 0. The number of β-amino-alcohol motifs (C(OH)–C–C–N with tert-alkyl or cyclic N) is 1. The van der Waals surface area contributed by atoms with Crippen molar-refractivity contribution in [3.05, 3.63) is 29.6 Å². The fourth-order valence-corrected chi connectivity index (χ4v) is 2.24. The quantitative estimate of drug-likeness (QED) is 0.745. The number of rotatable bonds is 5. The Bertz CT molecular complexity index is 487. The van der Waals surface area contributed by atoms with Gasteiger partial charge < -0.3 is 20.5 Å². The zero-order chi connectivity index (χ0) is 14.5. The predicted octanol–water partition coefficient (Wildman–Crippen LogP) is 0.638. The normalized spacial score (nSPS) is 20.7. The number of carbonyl (C=O) groups is 1. The number of aliphatic hydroxyl groups excluding tert-OH is 1. The number of methoxy groups -OCH3 is 1. The van der Waals surface area contributed by atoms with Crippen LogP contribution in [0.2, 0.25) is 0 Å². The number of nitrogens with one attached hydrogen (secondary N) is 2. The van der Waals surface area contributed by atoms with Crippen molar-refractivity contribution in [3.63, 3.8) is 0 Å². The summed E-state index contributed by atoms with van der Waals surface area (Å²) in [7, 11) is 1.42. The molecule has 1 aliphatic rings. The SMILES string of the molecule is COc1ccc(CCNC(=O)C2CC(O)CN2)cc1F.Cl. The van der Waals surface area contributed by atoms with Crippen LogP contribution in [0.25, 0.3) is 0 Å². The molecule has 0 aliphatic carbocycles. The summed E-state index contributed by atoms with van der Waals surface area (Å²) in [5.74, 6) is -0.325. The van der Waals surface area contributed by atoms with Gasteiger partial charge in [0.05, 0.1) is 19.3 Å². The molecule has 7 heteroatoms. The van der Waals surface area contributed by atoms with Crippen LogP contribution in [-0.2, 0) is 11.2 Å². The fourth-order valence-electron chi connectivity index (χ4n) is 2.24. The van der Waals surface area contributed by atoms with Gasteiger partial charge in [-0.15, -0.1) is 12.4 Å². The van der Waals surface area contributed by atoms with Gasteiger partial charge in [0.15, 0.2) is 11.6 Å². The molecule has 2 atom stereocenters. The van der Waals surface area contributed by atoms with Crippen LogP contribution in [0, 0.1) is 5.82 Å². The molecular weight excluding hydrogens is 299 g/mol. The largest absolute Gasteiger partial charge is 0.494 e. The molecule has 2 unspecified atom stereocenters. The van der Waals surface area contributed by atoms with Gasteiger partial charge in [0, 0.05) is 13.1 Å². The van der Waals surface area contributed by atoms with Gasteiger partial charge in [-0.05, 0) is 30.5 Å². The third-order valence-electron chi connectivity index (χ3n) is 3.35. The highest BCUT2D eigenvalue weighted by atomic mass is 35.5. The summed E-state index contributed by atoms with van der Waals surface area (Å²) in [5, 5.41) is 15.1. The summed E-state index contributed by atoms with van der Waals surface area (Å²) in [5.41, 5.74) is 0.794. The van der Waals surface area contributed by atoms with Gasteiger partial charge in [0.2, 0.25) is 5.91 Å². The Morgan fingerprint density at radius 1 is 1.57 bits per heavy atom. The average molecular weight is 319 g/mol. The van der Waals surface area contributed by atoms with E-state index in [9.17, 15) is 14.3 Å². The van der Waals surface area contributed by atoms with E-state index < -0.39 is 11.9 Å². The van der Waals surface area contributed by atoms with Crippen molar-refractivity contribution in [3.8, 4) is 5.75 Å². The van der Waals surface area contributed by atoms with Crippen LogP contribution in [0.15, 0.2) is 18.2 Å². The van der Waals surface area contributed by atoms with E-state index in [0.717, 1.165) is 5.56 Å². The van der Waals surface area contributed by atoms with E-state index in [1.54, 1.807) is 12.1 Å². The monoisotopic (exact) mass is 318 g/mol. The molecule has 1 aromatic rings. The average Bonchev–Trinajstić information content (AvgIpc) is 2.85. The van der Waals surface area contributed by atoms with E-state index in [4.69, 9.17) is 4.74 Å². The lowest BCUT2D eigenvalue weighted by molar-refractivity contribution is -0.122. The predicted molar refractivity (Wildman–Crippen MR) is 79.3 cm³/mol. The lowest BCUT2D eigenvalue weighted by atomic mass is 10.1. The number of amides is 1. The zero-order valence-electron chi connectivity index (χ0n) is 11.8. The van der Waals surface area contributed by atoms with Gasteiger partial charge in [-0.25, -0.2) is 4.39 Å². The van der Waals surface area contributed by atoms with Crippen LogP contribution in [0.4, 0.5) is 4.39 Å². The third-order valence-corrected chi connectivity index (χ3v) is 3.35. The minimum atomic E-state index is -0.457. The summed E-state index contributed by atoms with van der Waals surface area (Å²) in [6.45, 7) is 0.876. The smallest absolute Gasteiger partial charge is 0.237 e. The van der Waals surface area contributed by atoms with Crippen LogP contribution in [0.3, 0.4) is 0 Å². The van der Waals surface area contributed by atoms with E-state index in [-0.39, 0.29) is 30.1 Å². The lowest BCUT2D eigenvalue weighted by Crippen LogP contribution is -2.41. The first-order valence-corrected chi connectivity index (χ1v) is 6.61. The summed E-state index contributed by atoms with van der Waals surface area (Å²) in [4.78, 5) is 11.8.